The molecule has 1 rings (SSSR count). The van der Waals surface area contributed by atoms with Crippen LogP contribution < -0.4 is 11.1 Å². The van der Waals surface area contributed by atoms with E-state index in [9.17, 15) is 0 Å². The summed E-state index contributed by atoms with van der Waals surface area (Å²) in [6.07, 6.45) is 11.9. The Balaban J connectivity index is 2.41. The molecule has 0 aromatic rings. The second-order valence-corrected chi connectivity index (χ2v) is 6.68. The number of nitrogens with two attached hydrogens (primary N) is 1. The van der Waals surface area contributed by atoms with Gasteiger partial charge in [-0.05, 0) is 25.7 Å². The van der Waals surface area contributed by atoms with Crippen LogP contribution in [-0.2, 0) is 0 Å². The second-order valence-electron chi connectivity index (χ2n) is 6.68. The average molecular weight is 252 g/mol. The lowest BCUT2D eigenvalue weighted by Gasteiger charge is -2.24. The minimum absolute atomic E-state index is 0.452. The van der Waals surface area contributed by atoms with E-state index in [2.05, 4.69) is 27.0 Å². The van der Waals surface area contributed by atoms with Crippen molar-refractivity contribution in [2.24, 2.45) is 5.73 Å². The van der Waals surface area contributed by atoms with E-state index in [0.717, 1.165) is 11.9 Å². The standard InChI is InChI=1S/C15H33BN2/c1-12(2)18-15-9-4-3-7-14(17)8-5-6-13(16)10-11-15/h12-15,18H,3-11,16-17H2,1-2H3. The van der Waals surface area contributed by atoms with E-state index in [1.165, 1.54) is 57.8 Å². The summed E-state index contributed by atoms with van der Waals surface area (Å²) in [4.78, 5) is 0. The number of nitrogens with one attached hydrogen (secondary N) is 1. The van der Waals surface area contributed by atoms with Crippen LogP contribution in [0.3, 0.4) is 0 Å². The summed E-state index contributed by atoms with van der Waals surface area (Å²) in [6.45, 7) is 4.52. The van der Waals surface area contributed by atoms with E-state index in [-0.39, 0.29) is 0 Å². The Hall–Kier alpha value is -0.0151. The Morgan fingerprint density at radius 1 is 0.944 bits per heavy atom. The van der Waals surface area contributed by atoms with Crippen LogP contribution in [0.2, 0.25) is 5.82 Å². The van der Waals surface area contributed by atoms with Crippen molar-refractivity contribution in [1.29, 1.82) is 0 Å². The van der Waals surface area contributed by atoms with Crippen molar-refractivity contribution in [1.82, 2.24) is 5.32 Å². The molecule has 3 heteroatoms. The molecular formula is C15H33BN2. The van der Waals surface area contributed by atoms with Gasteiger partial charge in [0.25, 0.3) is 0 Å². The average Bonchev–Trinajstić information content (AvgIpc) is 2.29. The highest BCUT2D eigenvalue weighted by Gasteiger charge is 2.14. The molecule has 3 atom stereocenters. The molecule has 1 aliphatic rings. The van der Waals surface area contributed by atoms with Gasteiger partial charge in [0, 0.05) is 18.1 Å². The lowest BCUT2D eigenvalue weighted by molar-refractivity contribution is 0.374. The predicted molar refractivity (Wildman–Crippen MR) is 83.9 cm³/mol. The van der Waals surface area contributed by atoms with Crippen molar-refractivity contribution < 1.29 is 0 Å². The van der Waals surface area contributed by atoms with Crippen LogP contribution in [0.1, 0.15) is 71.6 Å². The Morgan fingerprint density at radius 3 is 2.33 bits per heavy atom. The predicted octanol–water partition coefficient (Wildman–Crippen LogP) is 2.63. The molecule has 18 heavy (non-hydrogen) atoms. The Bertz CT molecular complexity index is 209. The summed E-state index contributed by atoms with van der Waals surface area (Å²) in [5.41, 5.74) is 6.16. The zero-order valence-electron chi connectivity index (χ0n) is 12.8. The minimum Gasteiger partial charge on any atom is -0.328 e. The molecular weight excluding hydrogens is 219 g/mol. The molecule has 0 saturated heterocycles. The van der Waals surface area contributed by atoms with Gasteiger partial charge >= 0.3 is 0 Å². The third-order valence-corrected chi connectivity index (χ3v) is 4.23. The van der Waals surface area contributed by atoms with Gasteiger partial charge in [0.15, 0.2) is 0 Å². The summed E-state index contributed by atoms with van der Waals surface area (Å²) >= 11 is 0. The fraction of sp³-hybridized carbons (Fsp3) is 1.00. The molecule has 0 radical (unpaired) electrons. The first-order valence-corrected chi connectivity index (χ1v) is 8.09. The van der Waals surface area contributed by atoms with E-state index < -0.39 is 0 Å². The summed E-state index contributed by atoms with van der Waals surface area (Å²) in [6, 6.07) is 1.79. The first-order valence-electron chi connectivity index (χ1n) is 8.09. The summed E-state index contributed by atoms with van der Waals surface area (Å²) < 4.78 is 0. The first-order chi connectivity index (χ1) is 8.58. The Kier molecular flexibility index (Phi) is 8.00. The van der Waals surface area contributed by atoms with E-state index in [1.54, 1.807) is 0 Å². The fourth-order valence-electron chi connectivity index (χ4n) is 3.08. The van der Waals surface area contributed by atoms with Crippen LogP contribution >= 0.6 is 0 Å². The molecule has 1 fully saturated rings. The highest BCUT2D eigenvalue weighted by atomic mass is 14.9. The van der Waals surface area contributed by atoms with Gasteiger partial charge in [-0.3, -0.25) is 0 Å². The molecule has 0 aliphatic heterocycles. The van der Waals surface area contributed by atoms with Crippen molar-refractivity contribution >= 4 is 7.85 Å². The largest absolute Gasteiger partial charge is 0.328 e. The minimum atomic E-state index is 0.452. The number of hydrogen-bond acceptors (Lipinski definition) is 2. The lowest BCUT2D eigenvalue weighted by atomic mass is 9.77. The molecule has 3 N–H and O–H groups in total. The van der Waals surface area contributed by atoms with Gasteiger partial charge in [-0.15, -0.1) is 0 Å². The van der Waals surface area contributed by atoms with Crippen molar-refractivity contribution in [3.05, 3.63) is 0 Å². The molecule has 106 valence electrons. The number of rotatable bonds is 2. The lowest BCUT2D eigenvalue weighted by Crippen LogP contribution is -2.35. The topological polar surface area (TPSA) is 38.0 Å². The normalized spacial score (nSPS) is 32.8. The van der Waals surface area contributed by atoms with Gasteiger partial charge in [-0.2, -0.15) is 0 Å². The second kappa shape index (κ2) is 8.98. The van der Waals surface area contributed by atoms with Crippen molar-refractivity contribution in [3.8, 4) is 0 Å². The molecule has 1 aliphatic carbocycles. The van der Waals surface area contributed by atoms with Crippen molar-refractivity contribution in [2.45, 2.75) is 95.6 Å². The van der Waals surface area contributed by atoms with Crippen LogP contribution in [0.4, 0.5) is 0 Å². The van der Waals surface area contributed by atoms with Crippen LogP contribution in [0.25, 0.3) is 0 Å². The molecule has 0 aromatic heterocycles. The zero-order valence-corrected chi connectivity index (χ0v) is 12.8. The maximum Gasteiger partial charge on any atom is 0.105 e. The van der Waals surface area contributed by atoms with Gasteiger partial charge in [-0.25, -0.2) is 0 Å². The summed E-state index contributed by atoms with van der Waals surface area (Å²) in [5, 5.41) is 3.73. The molecule has 3 unspecified atom stereocenters. The third kappa shape index (κ3) is 7.43. The van der Waals surface area contributed by atoms with Crippen molar-refractivity contribution in [2.75, 3.05) is 0 Å². The van der Waals surface area contributed by atoms with Crippen LogP contribution in [-0.4, -0.2) is 26.0 Å². The van der Waals surface area contributed by atoms with Crippen LogP contribution in [0.15, 0.2) is 0 Å². The maximum atomic E-state index is 6.16. The molecule has 2 nitrogen and oxygen atoms in total. The SMILES string of the molecule is BC1CCCC(N)CCCCC(NC(C)C)CC1. The Labute approximate surface area is 115 Å². The molecule has 0 amide bonds. The smallest absolute Gasteiger partial charge is 0.105 e. The quantitative estimate of drug-likeness (QED) is 0.741. The monoisotopic (exact) mass is 252 g/mol. The van der Waals surface area contributed by atoms with E-state index in [4.69, 9.17) is 5.73 Å². The molecule has 0 spiro atoms. The Morgan fingerprint density at radius 2 is 1.61 bits per heavy atom. The highest BCUT2D eigenvalue weighted by Crippen LogP contribution is 2.22. The molecule has 0 aromatic carbocycles. The van der Waals surface area contributed by atoms with Crippen molar-refractivity contribution in [3.63, 3.8) is 0 Å². The third-order valence-electron chi connectivity index (χ3n) is 4.23. The van der Waals surface area contributed by atoms with Gasteiger partial charge in [0.2, 0.25) is 0 Å². The molecule has 0 bridgehead atoms. The van der Waals surface area contributed by atoms with Gasteiger partial charge in [-0.1, -0.05) is 51.8 Å². The zero-order chi connectivity index (χ0) is 13.4. The molecule has 0 heterocycles. The van der Waals surface area contributed by atoms with Gasteiger partial charge in [0.05, 0.1) is 0 Å². The van der Waals surface area contributed by atoms with E-state index in [1.807, 2.05) is 0 Å². The summed E-state index contributed by atoms with van der Waals surface area (Å²) in [7, 11) is 2.41. The van der Waals surface area contributed by atoms with Gasteiger partial charge < -0.3 is 11.1 Å². The van der Waals surface area contributed by atoms with Gasteiger partial charge in [0.1, 0.15) is 7.85 Å². The maximum absolute atomic E-state index is 6.16. The van der Waals surface area contributed by atoms with E-state index >= 15 is 0 Å². The van der Waals surface area contributed by atoms with Crippen LogP contribution in [0, 0.1) is 0 Å². The number of hydrogen-bond donors (Lipinski definition) is 2. The highest BCUT2D eigenvalue weighted by molar-refractivity contribution is 6.11. The van der Waals surface area contributed by atoms with E-state index in [0.29, 0.717) is 12.1 Å². The summed E-state index contributed by atoms with van der Waals surface area (Å²) in [5.74, 6) is 0.869. The first kappa shape index (κ1) is 16.0. The molecule has 1 saturated carbocycles. The van der Waals surface area contributed by atoms with Crippen LogP contribution in [0.5, 0.6) is 0 Å². The fourth-order valence-corrected chi connectivity index (χ4v) is 3.08.